The second-order valence-electron chi connectivity index (χ2n) is 4.10. The number of carbonyl (C=O) groups is 1. The smallest absolute Gasteiger partial charge is 0.326 e. The van der Waals surface area contributed by atoms with Gasteiger partial charge in [-0.3, -0.25) is 0 Å². The molecule has 17 heavy (non-hydrogen) atoms. The Labute approximate surface area is 104 Å². The Bertz CT molecular complexity index is 367. The van der Waals surface area contributed by atoms with Gasteiger partial charge in [0.05, 0.1) is 0 Å². The molecule has 1 unspecified atom stereocenters. The SMILES string of the molecule is COCc1nnc(NC(CC(C)C)C(=O)O)s1. The molecule has 0 bridgehead atoms. The number of hydrogen-bond acceptors (Lipinski definition) is 6. The summed E-state index contributed by atoms with van der Waals surface area (Å²) in [6, 6.07) is -0.627. The van der Waals surface area contributed by atoms with Gasteiger partial charge in [-0.1, -0.05) is 25.2 Å². The van der Waals surface area contributed by atoms with Gasteiger partial charge in [0.1, 0.15) is 17.7 Å². The van der Waals surface area contributed by atoms with Crippen LogP contribution in [0.3, 0.4) is 0 Å². The second-order valence-corrected chi connectivity index (χ2v) is 5.16. The Balaban J connectivity index is 2.62. The van der Waals surface area contributed by atoms with Gasteiger partial charge in [-0.2, -0.15) is 0 Å². The van der Waals surface area contributed by atoms with E-state index in [4.69, 9.17) is 9.84 Å². The van der Waals surface area contributed by atoms with Crippen LogP contribution < -0.4 is 5.32 Å². The molecule has 0 saturated heterocycles. The van der Waals surface area contributed by atoms with Gasteiger partial charge in [0.2, 0.25) is 5.13 Å². The van der Waals surface area contributed by atoms with Gasteiger partial charge in [0, 0.05) is 7.11 Å². The lowest BCUT2D eigenvalue weighted by molar-refractivity contribution is -0.138. The zero-order valence-electron chi connectivity index (χ0n) is 10.1. The van der Waals surface area contributed by atoms with E-state index in [9.17, 15) is 4.79 Å². The average molecular weight is 259 g/mol. The molecule has 6 nitrogen and oxygen atoms in total. The summed E-state index contributed by atoms with van der Waals surface area (Å²) in [5.74, 6) is -0.572. The first-order chi connectivity index (χ1) is 8.02. The highest BCUT2D eigenvalue weighted by Crippen LogP contribution is 2.18. The van der Waals surface area contributed by atoms with Gasteiger partial charge in [-0.05, 0) is 12.3 Å². The third kappa shape index (κ3) is 4.66. The Morgan fingerprint density at radius 3 is 2.76 bits per heavy atom. The molecule has 0 spiro atoms. The van der Waals surface area contributed by atoms with Crippen molar-refractivity contribution in [3.05, 3.63) is 5.01 Å². The van der Waals surface area contributed by atoms with Crippen LogP contribution in [0.5, 0.6) is 0 Å². The van der Waals surface area contributed by atoms with Crippen molar-refractivity contribution in [3.8, 4) is 0 Å². The maximum atomic E-state index is 11.0. The summed E-state index contributed by atoms with van der Waals surface area (Å²) in [7, 11) is 1.58. The number of anilines is 1. The number of ether oxygens (including phenoxy) is 1. The van der Waals surface area contributed by atoms with Gasteiger partial charge in [0.15, 0.2) is 0 Å². The molecule has 0 saturated carbocycles. The molecule has 0 aliphatic rings. The third-order valence-corrected chi connectivity index (χ3v) is 2.87. The fraction of sp³-hybridized carbons (Fsp3) is 0.700. The molecule has 1 atom stereocenters. The Morgan fingerprint density at radius 2 is 2.24 bits per heavy atom. The summed E-state index contributed by atoms with van der Waals surface area (Å²) >= 11 is 1.31. The summed E-state index contributed by atoms with van der Waals surface area (Å²) in [6.45, 7) is 4.35. The number of nitrogens with zero attached hydrogens (tertiary/aromatic N) is 2. The summed E-state index contributed by atoms with van der Waals surface area (Å²) in [6.07, 6.45) is 0.550. The van der Waals surface area contributed by atoms with Crippen LogP contribution in [-0.2, 0) is 16.1 Å². The lowest BCUT2D eigenvalue weighted by Gasteiger charge is -2.14. The zero-order valence-corrected chi connectivity index (χ0v) is 11.0. The van der Waals surface area contributed by atoms with Crippen LogP contribution in [-0.4, -0.2) is 34.4 Å². The molecule has 7 heteroatoms. The van der Waals surface area contributed by atoms with Crippen molar-refractivity contribution >= 4 is 22.4 Å². The number of carboxylic acid groups (broad SMARTS) is 1. The standard InChI is InChI=1S/C10H17N3O3S/c1-6(2)4-7(9(14)15)11-10-13-12-8(17-10)5-16-3/h6-7H,4-5H2,1-3H3,(H,11,13)(H,14,15). The number of carboxylic acids is 1. The highest BCUT2D eigenvalue weighted by Gasteiger charge is 2.20. The van der Waals surface area contributed by atoms with E-state index in [-0.39, 0.29) is 0 Å². The maximum absolute atomic E-state index is 11.0. The summed E-state index contributed by atoms with van der Waals surface area (Å²) in [4.78, 5) is 11.0. The molecule has 0 aliphatic heterocycles. The number of methoxy groups -OCH3 is 1. The fourth-order valence-corrected chi connectivity index (χ4v) is 2.10. The summed E-state index contributed by atoms with van der Waals surface area (Å²) < 4.78 is 4.92. The van der Waals surface area contributed by atoms with E-state index in [0.717, 1.165) is 5.01 Å². The minimum atomic E-state index is -0.873. The molecule has 1 rings (SSSR count). The normalized spacial score (nSPS) is 12.7. The number of nitrogens with one attached hydrogen (secondary N) is 1. The minimum absolute atomic E-state index is 0.301. The molecule has 0 radical (unpaired) electrons. The molecule has 1 heterocycles. The molecule has 0 fully saturated rings. The molecule has 0 aliphatic carbocycles. The van der Waals surface area contributed by atoms with Crippen LogP contribution in [0.25, 0.3) is 0 Å². The molecule has 1 aromatic heterocycles. The fourth-order valence-electron chi connectivity index (χ4n) is 1.34. The van der Waals surface area contributed by atoms with Crippen LogP contribution >= 0.6 is 11.3 Å². The zero-order chi connectivity index (χ0) is 12.8. The Kier molecular flexibility index (Phi) is 5.30. The topological polar surface area (TPSA) is 84.3 Å². The van der Waals surface area contributed by atoms with Crippen LogP contribution in [0.1, 0.15) is 25.3 Å². The van der Waals surface area contributed by atoms with Crippen molar-refractivity contribution in [2.75, 3.05) is 12.4 Å². The van der Waals surface area contributed by atoms with Crippen molar-refractivity contribution in [1.82, 2.24) is 10.2 Å². The van der Waals surface area contributed by atoms with Crippen molar-refractivity contribution < 1.29 is 14.6 Å². The number of rotatable bonds is 7. The van der Waals surface area contributed by atoms with E-state index < -0.39 is 12.0 Å². The lowest BCUT2D eigenvalue weighted by atomic mass is 10.0. The molecule has 2 N–H and O–H groups in total. The van der Waals surface area contributed by atoms with Crippen LogP contribution in [0.4, 0.5) is 5.13 Å². The molecule has 1 aromatic rings. The highest BCUT2D eigenvalue weighted by atomic mass is 32.1. The first kappa shape index (κ1) is 13.9. The van der Waals surface area contributed by atoms with Crippen molar-refractivity contribution in [1.29, 1.82) is 0 Å². The van der Waals surface area contributed by atoms with Crippen LogP contribution in [0.15, 0.2) is 0 Å². The monoisotopic (exact) mass is 259 g/mol. The quantitative estimate of drug-likeness (QED) is 0.773. The van der Waals surface area contributed by atoms with Gasteiger partial charge in [-0.15, -0.1) is 10.2 Å². The Hall–Kier alpha value is -1.21. The van der Waals surface area contributed by atoms with Crippen molar-refractivity contribution in [3.63, 3.8) is 0 Å². The van der Waals surface area contributed by atoms with Gasteiger partial charge in [0.25, 0.3) is 0 Å². The van der Waals surface area contributed by atoms with E-state index >= 15 is 0 Å². The minimum Gasteiger partial charge on any atom is -0.480 e. The molecule has 0 aromatic carbocycles. The van der Waals surface area contributed by atoms with Gasteiger partial charge >= 0.3 is 5.97 Å². The van der Waals surface area contributed by atoms with Gasteiger partial charge < -0.3 is 15.2 Å². The van der Waals surface area contributed by atoms with Crippen molar-refractivity contribution in [2.45, 2.75) is 32.9 Å². The average Bonchev–Trinajstić information content (AvgIpc) is 2.64. The lowest BCUT2D eigenvalue weighted by Crippen LogP contribution is -2.30. The first-order valence-corrected chi connectivity index (χ1v) is 6.15. The second kappa shape index (κ2) is 6.51. The van der Waals surface area contributed by atoms with Crippen LogP contribution in [0, 0.1) is 5.92 Å². The van der Waals surface area contributed by atoms with E-state index in [1.165, 1.54) is 11.3 Å². The first-order valence-electron chi connectivity index (χ1n) is 5.33. The highest BCUT2D eigenvalue weighted by molar-refractivity contribution is 7.15. The Morgan fingerprint density at radius 1 is 1.53 bits per heavy atom. The van der Waals surface area contributed by atoms with E-state index in [1.807, 2.05) is 13.8 Å². The maximum Gasteiger partial charge on any atom is 0.326 e. The number of aromatic nitrogens is 2. The predicted molar refractivity (Wildman–Crippen MR) is 65.1 cm³/mol. The predicted octanol–water partition coefficient (Wildman–Crippen LogP) is 1.60. The number of aliphatic carboxylic acids is 1. The number of hydrogen-bond donors (Lipinski definition) is 2. The van der Waals surface area contributed by atoms with Crippen molar-refractivity contribution in [2.24, 2.45) is 5.92 Å². The van der Waals surface area contributed by atoms with Crippen LogP contribution in [0.2, 0.25) is 0 Å². The summed E-state index contributed by atoms with van der Waals surface area (Å²) in [5, 5.41) is 20.9. The molecule has 96 valence electrons. The van der Waals surface area contributed by atoms with E-state index in [1.54, 1.807) is 7.11 Å². The molecule has 0 amide bonds. The van der Waals surface area contributed by atoms with Gasteiger partial charge in [-0.25, -0.2) is 4.79 Å². The van der Waals surface area contributed by atoms with E-state index in [2.05, 4.69) is 15.5 Å². The van der Waals surface area contributed by atoms with E-state index in [0.29, 0.717) is 24.1 Å². The largest absolute Gasteiger partial charge is 0.480 e. The summed E-state index contributed by atoms with van der Waals surface area (Å²) in [5.41, 5.74) is 0. The molecular weight excluding hydrogens is 242 g/mol. The molecular formula is C10H17N3O3S. The third-order valence-electron chi connectivity index (χ3n) is 2.04.